The molecule has 0 atom stereocenters. The predicted molar refractivity (Wildman–Crippen MR) is 77.1 cm³/mol. The highest BCUT2D eigenvalue weighted by molar-refractivity contribution is 6.54. The molecule has 0 saturated heterocycles. The number of rotatable bonds is 1. The van der Waals surface area contributed by atoms with Crippen LogP contribution in [0, 0.1) is 19.7 Å². The molecule has 0 radical (unpaired) electrons. The minimum atomic E-state index is -0.322. The van der Waals surface area contributed by atoms with Crippen LogP contribution in [0.4, 0.5) is 15.8 Å². The molecule has 1 aliphatic rings. The molecule has 2 aromatic rings. The molecular weight excluding hydrogens is 255 g/mol. The van der Waals surface area contributed by atoms with E-state index in [0.29, 0.717) is 11.4 Å². The van der Waals surface area contributed by atoms with Crippen molar-refractivity contribution >= 4 is 23.0 Å². The Hall–Kier alpha value is -2.49. The smallest absolute Gasteiger partial charge is 0.275 e. The van der Waals surface area contributed by atoms with Crippen LogP contribution in [0.15, 0.2) is 41.4 Å². The molecule has 0 aliphatic carbocycles. The van der Waals surface area contributed by atoms with Crippen LogP contribution in [0.2, 0.25) is 0 Å². The number of benzene rings is 2. The second-order valence-electron chi connectivity index (χ2n) is 4.90. The van der Waals surface area contributed by atoms with E-state index in [4.69, 9.17) is 0 Å². The molecule has 0 unspecified atom stereocenters. The Labute approximate surface area is 116 Å². The lowest BCUT2D eigenvalue weighted by atomic mass is 10.0. The molecule has 3 rings (SSSR count). The molecule has 20 heavy (non-hydrogen) atoms. The molecule has 0 bridgehead atoms. The maximum atomic E-state index is 12.9. The van der Waals surface area contributed by atoms with Gasteiger partial charge in [-0.1, -0.05) is 11.6 Å². The molecule has 1 heterocycles. The van der Waals surface area contributed by atoms with Gasteiger partial charge in [0.25, 0.3) is 5.91 Å². The summed E-state index contributed by atoms with van der Waals surface area (Å²) < 4.78 is 12.9. The number of anilines is 1. The van der Waals surface area contributed by atoms with Crippen LogP contribution in [0.5, 0.6) is 0 Å². The first-order chi connectivity index (χ1) is 9.54. The first kappa shape index (κ1) is 12.5. The molecule has 0 saturated carbocycles. The van der Waals surface area contributed by atoms with Crippen molar-refractivity contribution in [2.75, 3.05) is 5.32 Å². The average Bonchev–Trinajstić information content (AvgIpc) is 2.70. The van der Waals surface area contributed by atoms with Gasteiger partial charge in [-0.3, -0.25) is 4.79 Å². The van der Waals surface area contributed by atoms with Crippen LogP contribution < -0.4 is 5.32 Å². The number of amides is 1. The summed E-state index contributed by atoms with van der Waals surface area (Å²) >= 11 is 0. The summed E-state index contributed by atoms with van der Waals surface area (Å²) in [7, 11) is 0. The molecular formula is C16H13FN2O. The van der Waals surface area contributed by atoms with E-state index in [1.165, 1.54) is 12.1 Å². The molecule has 100 valence electrons. The van der Waals surface area contributed by atoms with Crippen molar-refractivity contribution in [1.29, 1.82) is 0 Å². The molecule has 3 nitrogen and oxygen atoms in total. The van der Waals surface area contributed by atoms with Crippen molar-refractivity contribution in [2.24, 2.45) is 4.99 Å². The molecule has 0 spiro atoms. The summed E-state index contributed by atoms with van der Waals surface area (Å²) in [6, 6.07) is 9.71. The minimum Gasteiger partial charge on any atom is -0.320 e. The molecule has 1 aliphatic heterocycles. The van der Waals surface area contributed by atoms with E-state index in [-0.39, 0.29) is 11.7 Å². The number of aliphatic imine (C=N–C) groups is 1. The third-order valence-corrected chi connectivity index (χ3v) is 3.26. The zero-order chi connectivity index (χ0) is 14.3. The summed E-state index contributed by atoms with van der Waals surface area (Å²) in [5.74, 6) is -0.546. The summed E-state index contributed by atoms with van der Waals surface area (Å²) in [6.45, 7) is 3.93. The normalized spacial score (nSPS) is 15.3. The fourth-order valence-electron chi connectivity index (χ4n) is 2.37. The van der Waals surface area contributed by atoms with Crippen molar-refractivity contribution in [3.8, 4) is 0 Å². The van der Waals surface area contributed by atoms with Crippen LogP contribution >= 0.6 is 0 Å². The Morgan fingerprint density at radius 1 is 1.10 bits per heavy atom. The first-order valence-corrected chi connectivity index (χ1v) is 6.32. The summed E-state index contributed by atoms with van der Waals surface area (Å²) in [6.07, 6.45) is 0. The number of nitrogens with zero attached hydrogens (tertiary/aromatic N) is 1. The molecule has 1 N–H and O–H groups in total. The monoisotopic (exact) mass is 268 g/mol. The van der Waals surface area contributed by atoms with E-state index < -0.39 is 0 Å². The Kier molecular flexibility index (Phi) is 2.86. The van der Waals surface area contributed by atoms with Gasteiger partial charge in [0.05, 0.1) is 11.4 Å². The van der Waals surface area contributed by atoms with Crippen LogP contribution in [0.25, 0.3) is 0 Å². The van der Waals surface area contributed by atoms with Crippen LogP contribution in [0.3, 0.4) is 0 Å². The SMILES string of the molecule is Cc1cc(C)c2c(c1)C(=Nc1ccc(F)cc1)C(=O)N2. The quantitative estimate of drug-likeness (QED) is 0.844. The summed E-state index contributed by atoms with van der Waals surface area (Å²) in [5.41, 5.74) is 4.63. The van der Waals surface area contributed by atoms with Crippen molar-refractivity contribution < 1.29 is 9.18 Å². The Balaban J connectivity index is 2.12. The van der Waals surface area contributed by atoms with Gasteiger partial charge in [0, 0.05) is 5.56 Å². The Morgan fingerprint density at radius 2 is 1.80 bits per heavy atom. The van der Waals surface area contributed by atoms with E-state index in [0.717, 1.165) is 22.4 Å². The summed E-state index contributed by atoms with van der Waals surface area (Å²) in [5, 5.41) is 2.83. The zero-order valence-electron chi connectivity index (χ0n) is 11.2. The first-order valence-electron chi connectivity index (χ1n) is 6.32. The molecule has 4 heteroatoms. The minimum absolute atomic E-state index is 0.224. The van der Waals surface area contributed by atoms with Gasteiger partial charge >= 0.3 is 0 Å². The van der Waals surface area contributed by atoms with Crippen molar-refractivity contribution in [2.45, 2.75) is 13.8 Å². The van der Waals surface area contributed by atoms with Crippen molar-refractivity contribution in [3.63, 3.8) is 0 Å². The van der Waals surface area contributed by atoms with Gasteiger partial charge in [-0.15, -0.1) is 0 Å². The Morgan fingerprint density at radius 3 is 2.50 bits per heavy atom. The van der Waals surface area contributed by atoms with Crippen LogP contribution in [0.1, 0.15) is 16.7 Å². The van der Waals surface area contributed by atoms with Gasteiger partial charge in [-0.05, 0) is 49.7 Å². The lowest BCUT2D eigenvalue weighted by Crippen LogP contribution is -2.14. The van der Waals surface area contributed by atoms with Gasteiger partial charge in [-0.2, -0.15) is 0 Å². The number of aryl methyl sites for hydroxylation is 2. The van der Waals surface area contributed by atoms with E-state index in [1.807, 2.05) is 26.0 Å². The van der Waals surface area contributed by atoms with Gasteiger partial charge in [0.1, 0.15) is 11.5 Å². The third-order valence-electron chi connectivity index (χ3n) is 3.26. The average molecular weight is 268 g/mol. The van der Waals surface area contributed by atoms with E-state index in [1.54, 1.807) is 12.1 Å². The number of hydrogen-bond acceptors (Lipinski definition) is 2. The predicted octanol–water partition coefficient (Wildman–Crippen LogP) is 3.52. The van der Waals surface area contributed by atoms with E-state index >= 15 is 0 Å². The van der Waals surface area contributed by atoms with Gasteiger partial charge in [-0.25, -0.2) is 9.38 Å². The highest BCUT2D eigenvalue weighted by Gasteiger charge is 2.27. The highest BCUT2D eigenvalue weighted by Crippen LogP contribution is 2.30. The van der Waals surface area contributed by atoms with Gasteiger partial charge in [0.2, 0.25) is 0 Å². The van der Waals surface area contributed by atoms with Crippen molar-refractivity contribution in [3.05, 3.63) is 58.9 Å². The van der Waals surface area contributed by atoms with Crippen LogP contribution in [-0.4, -0.2) is 11.6 Å². The number of hydrogen-bond donors (Lipinski definition) is 1. The topological polar surface area (TPSA) is 41.5 Å². The van der Waals surface area contributed by atoms with E-state index in [2.05, 4.69) is 10.3 Å². The number of nitrogens with one attached hydrogen (secondary N) is 1. The van der Waals surface area contributed by atoms with E-state index in [9.17, 15) is 9.18 Å². The molecule has 0 aromatic heterocycles. The van der Waals surface area contributed by atoms with Crippen molar-refractivity contribution in [1.82, 2.24) is 0 Å². The zero-order valence-corrected chi connectivity index (χ0v) is 11.2. The standard InChI is InChI=1S/C16H13FN2O/c1-9-7-10(2)14-13(8-9)15(16(20)19-14)18-12-5-3-11(17)4-6-12/h3-8H,1-2H3,(H,18,19,20). The van der Waals surface area contributed by atoms with Gasteiger partial charge in [0.15, 0.2) is 0 Å². The molecule has 0 fully saturated rings. The number of carbonyl (C=O) groups excluding carboxylic acids is 1. The van der Waals surface area contributed by atoms with Gasteiger partial charge < -0.3 is 5.32 Å². The summed E-state index contributed by atoms with van der Waals surface area (Å²) in [4.78, 5) is 16.4. The molecule has 1 amide bonds. The number of carbonyl (C=O) groups is 1. The number of halogens is 1. The maximum Gasteiger partial charge on any atom is 0.275 e. The lowest BCUT2D eigenvalue weighted by molar-refractivity contribution is -0.110. The fraction of sp³-hybridized carbons (Fsp3) is 0.125. The second-order valence-corrected chi connectivity index (χ2v) is 4.90. The Bertz CT molecular complexity index is 733. The molecule has 2 aromatic carbocycles. The lowest BCUT2D eigenvalue weighted by Gasteiger charge is -2.04. The maximum absolute atomic E-state index is 12.9. The number of fused-ring (bicyclic) bond motifs is 1. The fourth-order valence-corrected chi connectivity index (χ4v) is 2.37. The second kappa shape index (κ2) is 4.56. The highest BCUT2D eigenvalue weighted by atomic mass is 19.1. The van der Waals surface area contributed by atoms with Crippen LogP contribution in [-0.2, 0) is 4.79 Å². The third kappa shape index (κ3) is 2.09. The largest absolute Gasteiger partial charge is 0.320 e.